The maximum atomic E-state index is 9.00. The molecular weight excluding hydrogens is 330 g/mol. The maximum Gasteiger partial charge on any atom is 0.229 e. The smallest absolute Gasteiger partial charge is 0.229 e. The lowest BCUT2D eigenvalue weighted by Crippen LogP contribution is -2.14. The fraction of sp³-hybridized carbons (Fsp3) is 0.222. The SMILES string of the molecule is OCCNc1nc(NCc2ccccc2)nc(NCc2ccccn2)n1. The summed E-state index contributed by atoms with van der Waals surface area (Å²) < 4.78 is 0. The Balaban J connectivity index is 1.70. The molecular formula is C18H21N7O. The molecule has 8 nitrogen and oxygen atoms in total. The summed E-state index contributed by atoms with van der Waals surface area (Å²) in [6.07, 6.45) is 1.74. The van der Waals surface area contributed by atoms with Gasteiger partial charge >= 0.3 is 0 Å². The van der Waals surface area contributed by atoms with E-state index in [4.69, 9.17) is 5.11 Å². The van der Waals surface area contributed by atoms with Gasteiger partial charge in [0, 0.05) is 19.3 Å². The molecule has 0 saturated carbocycles. The quantitative estimate of drug-likeness (QED) is 0.463. The molecule has 0 unspecified atom stereocenters. The van der Waals surface area contributed by atoms with E-state index in [1.807, 2.05) is 48.5 Å². The van der Waals surface area contributed by atoms with Crippen LogP contribution in [0.5, 0.6) is 0 Å². The molecule has 0 radical (unpaired) electrons. The second-order valence-electron chi connectivity index (χ2n) is 5.47. The summed E-state index contributed by atoms with van der Waals surface area (Å²) >= 11 is 0. The van der Waals surface area contributed by atoms with Gasteiger partial charge < -0.3 is 21.1 Å². The van der Waals surface area contributed by atoms with Crippen LogP contribution in [-0.2, 0) is 13.1 Å². The van der Waals surface area contributed by atoms with Gasteiger partial charge in [0.25, 0.3) is 0 Å². The van der Waals surface area contributed by atoms with Gasteiger partial charge in [0.15, 0.2) is 0 Å². The fourth-order valence-corrected chi connectivity index (χ4v) is 2.23. The first kappa shape index (κ1) is 17.6. The van der Waals surface area contributed by atoms with Gasteiger partial charge in [-0.1, -0.05) is 36.4 Å². The van der Waals surface area contributed by atoms with Gasteiger partial charge in [-0.3, -0.25) is 4.98 Å². The zero-order chi connectivity index (χ0) is 18.0. The first-order valence-corrected chi connectivity index (χ1v) is 8.36. The molecule has 0 saturated heterocycles. The molecule has 26 heavy (non-hydrogen) atoms. The summed E-state index contributed by atoms with van der Waals surface area (Å²) in [4.78, 5) is 17.3. The zero-order valence-corrected chi connectivity index (χ0v) is 14.3. The number of anilines is 3. The van der Waals surface area contributed by atoms with Crippen molar-refractivity contribution < 1.29 is 5.11 Å². The second kappa shape index (κ2) is 9.28. The Morgan fingerprint density at radius 1 is 0.731 bits per heavy atom. The number of pyridine rings is 1. The molecule has 0 aliphatic rings. The van der Waals surface area contributed by atoms with E-state index in [-0.39, 0.29) is 6.61 Å². The minimum absolute atomic E-state index is 0.00480. The number of hydrogen-bond acceptors (Lipinski definition) is 8. The Hall–Kier alpha value is -3.26. The lowest BCUT2D eigenvalue weighted by Gasteiger charge is -2.11. The van der Waals surface area contributed by atoms with E-state index in [9.17, 15) is 0 Å². The largest absolute Gasteiger partial charge is 0.395 e. The van der Waals surface area contributed by atoms with Crippen LogP contribution in [-0.4, -0.2) is 38.2 Å². The average molecular weight is 351 g/mol. The Morgan fingerprint density at radius 3 is 2.04 bits per heavy atom. The van der Waals surface area contributed by atoms with Gasteiger partial charge in [-0.15, -0.1) is 0 Å². The zero-order valence-electron chi connectivity index (χ0n) is 14.3. The molecule has 2 aromatic heterocycles. The fourth-order valence-electron chi connectivity index (χ4n) is 2.23. The van der Waals surface area contributed by atoms with Gasteiger partial charge in [0.05, 0.1) is 18.8 Å². The van der Waals surface area contributed by atoms with Crippen molar-refractivity contribution in [3.8, 4) is 0 Å². The molecule has 3 aromatic rings. The molecule has 8 heteroatoms. The van der Waals surface area contributed by atoms with Crippen LogP contribution in [0.25, 0.3) is 0 Å². The molecule has 0 atom stereocenters. The Labute approximate surface area is 151 Å². The van der Waals surface area contributed by atoms with E-state index in [2.05, 4.69) is 35.9 Å². The number of nitrogens with zero attached hydrogens (tertiary/aromatic N) is 4. The first-order chi connectivity index (χ1) is 12.8. The average Bonchev–Trinajstić information content (AvgIpc) is 2.71. The Bertz CT molecular complexity index is 737. The highest BCUT2D eigenvalue weighted by Crippen LogP contribution is 2.11. The van der Waals surface area contributed by atoms with Crippen molar-refractivity contribution in [1.29, 1.82) is 0 Å². The topological polar surface area (TPSA) is 108 Å². The molecule has 0 bridgehead atoms. The van der Waals surface area contributed by atoms with Crippen LogP contribution in [0.15, 0.2) is 54.7 Å². The van der Waals surface area contributed by atoms with Crippen molar-refractivity contribution in [2.24, 2.45) is 0 Å². The highest BCUT2D eigenvalue weighted by molar-refractivity contribution is 5.42. The summed E-state index contributed by atoms with van der Waals surface area (Å²) in [5.74, 6) is 1.28. The number of aliphatic hydroxyl groups excluding tert-OH is 1. The predicted molar refractivity (Wildman–Crippen MR) is 101 cm³/mol. The summed E-state index contributed by atoms with van der Waals surface area (Å²) in [6, 6.07) is 15.7. The summed E-state index contributed by atoms with van der Waals surface area (Å²) in [5.41, 5.74) is 2.01. The van der Waals surface area contributed by atoms with Crippen LogP contribution in [0.4, 0.5) is 17.8 Å². The van der Waals surface area contributed by atoms with Crippen molar-refractivity contribution >= 4 is 17.8 Å². The number of benzene rings is 1. The summed E-state index contributed by atoms with van der Waals surface area (Å²) in [7, 11) is 0. The molecule has 0 aliphatic carbocycles. The lowest BCUT2D eigenvalue weighted by molar-refractivity contribution is 0.311. The number of hydrogen-bond donors (Lipinski definition) is 4. The van der Waals surface area contributed by atoms with Crippen molar-refractivity contribution in [3.05, 3.63) is 66.0 Å². The number of aromatic nitrogens is 4. The van der Waals surface area contributed by atoms with Gasteiger partial charge in [-0.05, 0) is 17.7 Å². The van der Waals surface area contributed by atoms with Crippen LogP contribution < -0.4 is 16.0 Å². The number of rotatable bonds is 9. The summed E-state index contributed by atoms with van der Waals surface area (Å²) in [6.45, 7) is 1.46. The van der Waals surface area contributed by atoms with Gasteiger partial charge in [-0.25, -0.2) is 0 Å². The van der Waals surface area contributed by atoms with Crippen molar-refractivity contribution in [2.45, 2.75) is 13.1 Å². The minimum atomic E-state index is -0.00480. The highest BCUT2D eigenvalue weighted by Gasteiger charge is 2.07. The molecule has 2 heterocycles. The van der Waals surface area contributed by atoms with Crippen LogP contribution in [0.3, 0.4) is 0 Å². The van der Waals surface area contributed by atoms with Gasteiger partial charge in [0.1, 0.15) is 0 Å². The van der Waals surface area contributed by atoms with Crippen molar-refractivity contribution in [2.75, 3.05) is 29.1 Å². The number of aliphatic hydroxyl groups is 1. The second-order valence-corrected chi connectivity index (χ2v) is 5.47. The van der Waals surface area contributed by atoms with E-state index in [1.165, 1.54) is 0 Å². The van der Waals surface area contributed by atoms with Gasteiger partial charge in [-0.2, -0.15) is 15.0 Å². The standard InChI is InChI=1S/C18H21N7O/c26-11-10-20-16-23-17(21-12-14-6-2-1-3-7-14)25-18(24-16)22-13-15-8-4-5-9-19-15/h1-9,26H,10-13H2,(H3,20,21,22,23,24,25). The molecule has 4 N–H and O–H groups in total. The lowest BCUT2D eigenvalue weighted by atomic mass is 10.2. The van der Waals surface area contributed by atoms with Crippen LogP contribution >= 0.6 is 0 Å². The highest BCUT2D eigenvalue weighted by atomic mass is 16.3. The Morgan fingerprint density at radius 2 is 1.38 bits per heavy atom. The third-order valence-corrected chi connectivity index (χ3v) is 3.48. The molecule has 0 spiro atoms. The van der Waals surface area contributed by atoms with E-state index in [1.54, 1.807) is 6.20 Å². The molecule has 0 aliphatic heterocycles. The predicted octanol–water partition coefficient (Wildman–Crippen LogP) is 1.89. The third-order valence-electron chi connectivity index (χ3n) is 3.48. The molecule has 1 aromatic carbocycles. The van der Waals surface area contributed by atoms with E-state index in [0.29, 0.717) is 37.5 Å². The van der Waals surface area contributed by atoms with Gasteiger partial charge in [0.2, 0.25) is 17.8 Å². The van der Waals surface area contributed by atoms with Crippen molar-refractivity contribution in [1.82, 2.24) is 19.9 Å². The molecule has 0 fully saturated rings. The molecule has 134 valence electrons. The molecule has 0 amide bonds. The summed E-state index contributed by atoms with van der Waals surface area (Å²) in [5, 5.41) is 18.3. The van der Waals surface area contributed by atoms with Crippen LogP contribution in [0.2, 0.25) is 0 Å². The van der Waals surface area contributed by atoms with Crippen LogP contribution in [0.1, 0.15) is 11.3 Å². The first-order valence-electron chi connectivity index (χ1n) is 8.36. The molecule has 3 rings (SSSR count). The van der Waals surface area contributed by atoms with E-state index < -0.39 is 0 Å². The minimum Gasteiger partial charge on any atom is -0.395 e. The number of nitrogens with one attached hydrogen (secondary N) is 3. The maximum absolute atomic E-state index is 9.00. The van der Waals surface area contributed by atoms with E-state index >= 15 is 0 Å². The van der Waals surface area contributed by atoms with Crippen LogP contribution in [0, 0.1) is 0 Å². The Kier molecular flexibility index (Phi) is 6.27. The van der Waals surface area contributed by atoms with Crippen molar-refractivity contribution in [3.63, 3.8) is 0 Å². The van der Waals surface area contributed by atoms with E-state index in [0.717, 1.165) is 11.3 Å². The third kappa shape index (κ3) is 5.38. The monoisotopic (exact) mass is 351 g/mol. The normalized spacial score (nSPS) is 10.3.